The second-order valence-corrected chi connectivity index (χ2v) is 4.94. The number of nitrogens with zero attached hydrogens (tertiary/aromatic N) is 3. The molecule has 6 heteroatoms. The Morgan fingerprint density at radius 1 is 1.29 bits per heavy atom. The van der Waals surface area contributed by atoms with E-state index in [9.17, 15) is 0 Å². The fourth-order valence-corrected chi connectivity index (χ4v) is 2.17. The van der Waals surface area contributed by atoms with Gasteiger partial charge in [-0.2, -0.15) is 5.21 Å². The molecular weight excluding hydrogens is 288 g/mol. The van der Waals surface area contributed by atoms with Crippen LogP contribution in [0.25, 0.3) is 11.4 Å². The molecule has 5 nitrogen and oxygen atoms in total. The van der Waals surface area contributed by atoms with E-state index in [0.29, 0.717) is 11.6 Å². The molecule has 0 aliphatic carbocycles. The van der Waals surface area contributed by atoms with E-state index in [1.807, 2.05) is 24.3 Å². The largest absolute Gasteiger partial charge is 0.460 e. The number of hydrogen-bond acceptors (Lipinski definition) is 4. The van der Waals surface area contributed by atoms with Crippen LogP contribution in [-0.4, -0.2) is 20.6 Å². The van der Waals surface area contributed by atoms with E-state index in [1.165, 1.54) is 24.8 Å². The van der Waals surface area contributed by atoms with E-state index in [-0.39, 0.29) is 0 Å². The SMILES string of the molecule is CCCCCC/C(=C\Cl)Oc1ccccc1-c1nn[nH]n1. The van der Waals surface area contributed by atoms with Crippen molar-refractivity contribution in [3.63, 3.8) is 0 Å². The van der Waals surface area contributed by atoms with Gasteiger partial charge in [0, 0.05) is 12.0 Å². The quantitative estimate of drug-likeness (QED) is 0.583. The molecule has 1 aromatic heterocycles. The Hall–Kier alpha value is -1.88. The molecule has 2 rings (SSSR count). The van der Waals surface area contributed by atoms with Crippen molar-refractivity contribution in [2.45, 2.75) is 39.0 Å². The van der Waals surface area contributed by atoms with Gasteiger partial charge in [0.1, 0.15) is 11.5 Å². The van der Waals surface area contributed by atoms with Gasteiger partial charge in [-0.15, -0.1) is 10.2 Å². The van der Waals surface area contributed by atoms with Crippen molar-refractivity contribution in [1.29, 1.82) is 0 Å². The number of para-hydroxylation sites is 1. The van der Waals surface area contributed by atoms with Gasteiger partial charge in [0.15, 0.2) is 0 Å². The van der Waals surface area contributed by atoms with Crippen LogP contribution in [-0.2, 0) is 0 Å². The number of allylic oxidation sites excluding steroid dienone is 1. The normalized spacial score (nSPS) is 11.6. The maximum Gasteiger partial charge on any atom is 0.208 e. The van der Waals surface area contributed by atoms with Crippen LogP contribution in [0.5, 0.6) is 5.75 Å². The average molecular weight is 307 g/mol. The minimum atomic E-state index is 0.505. The lowest BCUT2D eigenvalue weighted by atomic mass is 10.1. The van der Waals surface area contributed by atoms with Crippen molar-refractivity contribution >= 4 is 11.6 Å². The van der Waals surface area contributed by atoms with Gasteiger partial charge in [0.2, 0.25) is 5.82 Å². The summed E-state index contributed by atoms with van der Waals surface area (Å²) < 4.78 is 5.91. The molecule has 0 aliphatic heterocycles. The van der Waals surface area contributed by atoms with E-state index >= 15 is 0 Å². The summed E-state index contributed by atoms with van der Waals surface area (Å²) in [5.74, 6) is 1.94. The molecule has 0 bridgehead atoms. The first-order chi connectivity index (χ1) is 10.3. The van der Waals surface area contributed by atoms with Crippen LogP contribution in [0.4, 0.5) is 0 Å². The van der Waals surface area contributed by atoms with Crippen molar-refractivity contribution < 1.29 is 4.74 Å². The molecule has 0 fully saturated rings. The number of aromatic nitrogens is 4. The summed E-state index contributed by atoms with van der Waals surface area (Å²) in [6, 6.07) is 7.58. The first-order valence-corrected chi connectivity index (χ1v) is 7.58. The van der Waals surface area contributed by atoms with E-state index in [1.54, 1.807) is 0 Å². The Morgan fingerprint density at radius 2 is 2.14 bits per heavy atom. The monoisotopic (exact) mass is 306 g/mol. The minimum Gasteiger partial charge on any atom is -0.460 e. The van der Waals surface area contributed by atoms with Crippen LogP contribution in [0.15, 0.2) is 35.6 Å². The van der Waals surface area contributed by atoms with Gasteiger partial charge in [-0.3, -0.25) is 0 Å². The Bertz CT molecular complexity index is 569. The zero-order chi connectivity index (χ0) is 14.9. The summed E-state index contributed by atoms with van der Waals surface area (Å²) >= 11 is 5.87. The number of aromatic amines is 1. The van der Waals surface area contributed by atoms with E-state index in [2.05, 4.69) is 27.5 Å². The van der Waals surface area contributed by atoms with Crippen LogP contribution >= 0.6 is 11.6 Å². The highest BCUT2D eigenvalue weighted by Crippen LogP contribution is 2.29. The third-order valence-corrected chi connectivity index (χ3v) is 3.36. The number of ether oxygens (including phenoxy) is 1. The lowest BCUT2D eigenvalue weighted by Gasteiger charge is -2.11. The van der Waals surface area contributed by atoms with Crippen LogP contribution in [0.1, 0.15) is 39.0 Å². The summed E-state index contributed by atoms with van der Waals surface area (Å²) in [5, 5.41) is 14.0. The average Bonchev–Trinajstić information content (AvgIpc) is 3.05. The smallest absolute Gasteiger partial charge is 0.208 e. The number of unbranched alkanes of at least 4 members (excludes halogenated alkanes) is 3. The highest BCUT2D eigenvalue weighted by atomic mass is 35.5. The van der Waals surface area contributed by atoms with Gasteiger partial charge in [-0.1, -0.05) is 49.9 Å². The number of rotatable bonds is 8. The van der Waals surface area contributed by atoms with Crippen molar-refractivity contribution in [2.75, 3.05) is 0 Å². The van der Waals surface area contributed by atoms with Gasteiger partial charge in [-0.25, -0.2) is 0 Å². The molecule has 0 saturated carbocycles. The third kappa shape index (κ3) is 4.56. The highest BCUT2D eigenvalue weighted by molar-refractivity contribution is 6.25. The molecule has 0 saturated heterocycles. The van der Waals surface area contributed by atoms with Crippen molar-refractivity contribution in [1.82, 2.24) is 20.6 Å². The van der Waals surface area contributed by atoms with Crippen molar-refractivity contribution in [3.05, 3.63) is 35.6 Å². The fraction of sp³-hybridized carbons (Fsp3) is 0.400. The van der Waals surface area contributed by atoms with Crippen LogP contribution < -0.4 is 4.74 Å². The highest BCUT2D eigenvalue weighted by Gasteiger charge is 2.11. The predicted octanol–water partition coefficient (Wildman–Crippen LogP) is 4.30. The Kier molecular flexibility index (Phi) is 6.22. The number of nitrogens with one attached hydrogen (secondary N) is 1. The zero-order valence-corrected chi connectivity index (χ0v) is 12.8. The summed E-state index contributed by atoms with van der Waals surface area (Å²) in [6.07, 6.45) is 5.51. The number of H-pyrrole nitrogens is 1. The van der Waals surface area contributed by atoms with Gasteiger partial charge < -0.3 is 4.74 Å². The lowest BCUT2D eigenvalue weighted by Crippen LogP contribution is -1.97. The van der Waals surface area contributed by atoms with Crippen LogP contribution in [0.2, 0.25) is 0 Å². The van der Waals surface area contributed by atoms with Gasteiger partial charge in [0.05, 0.1) is 5.56 Å². The number of halogens is 1. The first kappa shape index (κ1) is 15.5. The molecule has 0 atom stereocenters. The number of tetrazole rings is 1. The Morgan fingerprint density at radius 3 is 2.86 bits per heavy atom. The lowest BCUT2D eigenvalue weighted by molar-refractivity contribution is 0.398. The predicted molar refractivity (Wildman–Crippen MR) is 82.9 cm³/mol. The van der Waals surface area contributed by atoms with E-state index in [0.717, 1.165) is 24.2 Å². The molecule has 0 aliphatic rings. The summed E-state index contributed by atoms with van der Waals surface area (Å²) in [6.45, 7) is 2.19. The maximum absolute atomic E-state index is 5.91. The number of benzene rings is 1. The molecule has 0 unspecified atom stereocenters. The molecule has 1 aromatic carbocycles. The van der Waals surface area contributed by atoms with Gasteiger partial charge >= 0.3 is 0 Å². The molecule has 0 amide bonds. The standard InChI is InChI=1S/C15H19ClN4O/c1-2-3-4-5-8-12(11-16)21-14-10-7-6-9-13(14)15-17-19-20-18-15/h6-7,9-11H,2-5,8H2,1H3,(H,17,18,19,20)/b12-11+. The summed E-state index contributed by atoms with van der Waals surface area (Å²) in [4.78, 5) is 0. The third-order valence-electron chi connectivity index (χ3n) is 3.11. The second kappa shape index (κ2) is 8.42. The van der Waals surface area contributed by atoms with Crippen LogP contribution in [0, 0.1) is 0 Å². The van der Waals surface area contributed by atoms with E-state index < -0.39 is 0 Å². The zero-order valence-electron chi connectivity index (χ0n) is 12.1. The molecule has 112 valence electrons. The van der Waals surface area contributed by atoms with Crippen molar-refractivity contribution in [3.8, 4) is 17.1 Å². The minimum absolute atomic E-state index is 0.505. The molecule has 0 spiro atoms. The molecule has 2 aromatic rings. The molecule has 1 heterocycles. The maximum atomic E-state index is 5.91. The number of hydrogen-bond donors (Lipinski definition) is 1. The topological polar surface area (TPSA) is 63.7 Å². The van der Waals surface area contributed by atoms with Gasteiger partial charge in [-0.05, 0) is 23.8 Å². The van der Waals surface area contributed by atoms with E-state index in [4.69, 9.17) is 16.3 Å². The Balaban J connectivity index is 2.05. The molecule has 0 radical (unpaired) electrons. The second-order valence-electron chi connectivity index (χ2n) is 4.72. The Labute approximate surface area is 129 Å². The molecule has 21 heavy (non-hydrogen) atoms. The van der Waals surface area contributed by atoms with Gasteiger partial charge in [0.25, 0.3) is 0 Å². The fourth-order valence-electron chi connectivity index (χ4n) is 2.01. The molecular formula is C15H19ClN4O. The van der Waals surface area contributed by atoms with Crippen LogP contribution in [0.3, 0.4) is 0 Å². The summed E-state index contributed by atoms with van der Waals surface area (Å²) in [5.41, 5.74) is 2.29. The first-order valence-electron chi connectivity index (χ1n) is 7.15. The summed E-state index contributed by atoms with van der Waals surface area (Å²) in [7, 11) is 0. The van der Waals surface area contributed by atoms with Crippen molar-refractivity contribution in [2.24, 2.45) is 0 Å². The molecule has 1 N–H and O–H groups in total.